The van der Waals surface area contributed by atoms with Crippen molar-refractivity contribution in [1.29, 1.82) is 0 Å². The Bertz CT molecular complexity index is 429. The maximum atomic E-state index is 11.5. The molecule has 0 aliphatic carbocycles. The number of hydrogen-bond donors (Lipinski definition) is 2. The van der Waals surface area contributed by atoms with Crippen molar-refractivity contribution in [2.45, 2.75) is 58.3 Å². The van der Waals surface area contributed by atoms with Crippen LogP contribution in [0, 0.1) is 11.5 Å². The lowest BCUT2D eigenvalue weighted by atomic mass is 10.2. The van der Waals surface area contributed by atoms with Crippen LogP contribution in [-0.4, -0.2) is 44.3 Å². The molecule has 0 aromatic rings. The van der Waals surface area contributed by atoms with Gasteiger partial charge in [0, 0.05) is 13.0 Å². The third-order valence-electron chi connectivity index (χ3n) is 3.65. The zero-order valence-corrected chi connectivity index (χ0v) is 14.9. The predicted octanol–water partition coefficient (Wildman–Crippen LogP) is 2.03. The standard InChI is InChI=1S/C15H27NO4Si/c1-7-20-11-13(17)16-12(14(18)19)9-8-10-21(5,6)15(2,3)4/h12H,7,9,11H2,1-6H3,(H,16,17)(H,18,19)/t12-/m1/s1. The SMILES string of the molecule is CCOCC(=O)N[C@H](CC#C[Si](C)(C)C(C)(C)C)C(=O)O. The summed E-state index contributed by atoms with van der Waals surface area (Å²) in [4.78, 5) is 22.6. The molecule has 0 unspecified atom stereocenters. The number of nitrogens with one attached hydrogen (secondary N) is 1. The lowest BCUT2D eigenvalue weighted by molar-refractivity contribution is -0.142. The molecule has 21 heavy (non-hydrogen) atoms. The molecule has 120 valence electrons. The number of rotatable bonds is 6. The third kappa shape index (κ3) is 7.30. The van der Waals surface area contributed by atoms with Crippen LogP contribution < -0.4 is 5.32 Å². The van der Waals surface area contributed by atoms with Crippen LogP contribution in [0.2, 0.25) is 18.1 Å². The number of aliphatic carboxylic acids is 1. The molecule has 0 radical (unpaired) electrons. The van der Waals surface area contributed by atoms with Crippen molar-refractivity contribution in [2.24, 2.45) is 0 Å². The smallest absolute Gasteiger partial charge is 0.327 e. The van der Waals surface area contributed by atoms with E-state index in [0.717, 1.165) is 0 Å². The van der Waals surface area contributed by atoms with E-state index in [1.165, 1.54) is 0 Å². The summed E-state index contributed by atoms with van der Waals surface area (Å²) in [5.74, 6) is 1.44. The number of ether oxygens (including phenoxy) is 1. The summed E-state index contributed by atoms with van der Waals surface area (Å²) in [5.41, 5.74) is 3.24. The van der Waals surface area contributed by atoms with Crippen LogP contribution in [0.5, 0.6) is 0 Å². The summed E-state index contributed by atoms with van der Waals surface area (Å²) in [7, 11) is -1.76. The Morgan fingerprint density at radius 1 is 1.33 bits per heavy atom. The normalized spacial score (nSPS) is 13.0. The monoisotopic (exact) mass is 313 g/mol. The summed E-state index contributed by atoms with van der Waals surface area (Å²) in [6, 6.07) is -0.991. The summed E-state index contributed by atoms with van der Waals surface area (Å²) in [6.45, 7) is 12.8. The number of amides is 1. The van der Waals surface area contributed by atoms with Crippen LogP contribution in [0.3, 0.4) is 0 Å². The Morgan fingerprint density at radius 2 is 1.90 bits per heavy atom. The molecule has 0 aromatic heterocycles. The molecule has 6 heteroatoms. The Kier molecular flexibility index (Phi) is 7.68. The van der Waals surface area contributed by atoms with Gasteiger partial charge in [0.15, 0.2) is 0 Å². The van der Waals surface area contributed by atoms with E-state index in [1.54, 1.807) is 6.92 Å². The highest BCUT2D eigenvalue weighted by Crippen LogP contribution is 2.35. The van der Waals surface area contributed by atoms with Crippen molar-refractivity contribution in [2.75, 3.05) is 13.2 Å². The molecule has 2 N–H and O–H groups in total. The molecule has 1 atom stereocenters. The minimum atomic E-state index is -1.76. The summed E-state index contributed by atoms with van der Waals surface area (Å²) in [5, 5.41) is 11.7. The quantitative estimate of drug-likeness (QED) is 0.581. The second-order valence-corrected chi connectivity index (χ2v) is 11.5. The molecule has 0 bridgehead atoms. The molecule has 0 spiro atoms. The Balaban J connectivity index is 4.69. The fourth-order valence-electron chi connectivity index (χ4n) is 1.19. The van der Waals surface area contributed by atoms with E-state index in [2.05, 4.69) is 50.6 Å². The van der Waals surface area contributed by atoms with Crippen LogP contribution in [0.1, 0.15) is 34.1 Å². The maximum Gasteiger partial charge on any atom is 0.327 e. The van der Waals surface area contributed by atoms with Crippen LogP contribution in [0.25, 0.3) is 0 Å². The Labute approximate surface area is 128 Å². The van der Waals surface area contributed by atoms with Gasteiger partial charge in [-0.1, -0.05) is 33.9 Å². The van der Waals surface area contributed by atoms with Gasteiger partial charge >= 0.3 is 5.97 Å². The average molecular weight is 313 g/mol. The first kappa shape index (κ1) is 19.7. The molecule has 0 aliphatic rings. The molecular formula is C15H27NO4Si. The average Bonchev–Trinajstić information content (AvgIpc) is 2.33. The number of hydrogen-bond acceptors (Lipinski definition) is 3. The van der Waals surface area contributed by atoms with Gasteiger partial charge in [0.2, 0.25) is 5.91 Å². The third-order valence-corrected chi connectivity index (χ3v) is 8.20. The number of carbonyl (C=O) groups excluding carboxylic acids is 1. The second-order valence-electron chi connectivity index (χ2n) is 6.48. The first-order valence-corrected chi connectivity index (χ1v) is 10.1. The van der Waals surface area contributed by atoms with Gasteiger partial charge in [-0.25, -0.2) is 4.79 Å². The molecular weight excluding hydrogens is 286 g/mol. The number of carbonyl (C=O) groups is 2. The first-order chi connectivity index (χ1) is 9.51. The minimum Gasteiger partial charge on any atom is -0.480 e. The Hall–Kier alpha value is -1.32. The highest BCUT2D eigenvalue weighted by molar-refractivity contribution is 6.87. The van der Waals surface area contributed by atoms with E-state index in [0.29, 0.717) is 6.61 Å². The molecule has 5 nitrogen and oxygen atoms in total. The second kappa shape index (κ2) is 8.20. The van der Waals surface area contributed by atoms with E-state index in [-0.39, 0.29) is 18.1 Å². The highest BCUT2D eigenvalue weighted by Gasteiger charge is 2.33. The van der Waals surface area contributed by atoms with E-state index >= 15 is 0 Å². The molecule has 0 saturated carbocycles. The fourth-order valence-corrected chi connectivity index (χ4v) is 2.11. The molecule has 0 saturated heterocycles. The van der Waals surface area contributed by atoms with E-state index in [4.69, 9.17) is 9.84 Å². The minimum absolute atomic E-state index is 0.111. The summed E-state index contributed by atoms with van der Waals surface area (Å²) in [6.07, 6.45) is 0.111. The van der Waals surface area contributed by atoms with E-state index in [1.807, 2.05) is 0 Å². The van der Waals surface area contributed by atoms with E-state index in [9.17, 15) is 9.59 Å². The number of carboxylic acids is 1. The van der Waals surface area contributed by atoms with Crippen molar-refractivity contribution >= 4 is 20.0 Å². The number of carboxylic acid groups (broad SMARTS) is 1. The maximum absolute atomic E-state index is 11.5. The Morgan fingerprint density at radius 3 is 2.33 bits per heavy atom. The van der Waals surface area contributed by atoms with Crippen molar-refractivity contribution in [3.63, 3.8) is 0 Å². The van der Waals surface area contributed by atoms with Crippen molar-refractivity contribution in [1.82, 2.24) is 5.32 Å². The molecule has 0 aliphatic heterocycles. The predicted molar refractivity (Wildman–Crippen MR) is 85.6 cm³/mol. The zero-order chi connectivity index (χ0) is 16.7. The van der Waals surface area contributed by atoms with Crippen LogP contribution in [0.4, 0.5) is 0 Å². The van der Waals surface area contributed by atoms with Crippen molar-refractivity contribution in [3.05, 3.63) is 0 Å². The molecule has 0 rings (SSSR count). The topological polar surface area (TPSA) is 75.6 Å². The van der Waals surface area contributed by atoms with Gasteiger partial charge in [-0.3, -0.25) is 4.79 Å². The first-order valence-electron chi connectivity index (χ1n) is 7.11. The van der Waals surface area contributed by atoms with Crippen molar-refractivity contribution in [3.8, 4) is 11.5 Å². The lowest BCUT2D eigenvalue weighted by Gasteiger charge is -2.31. The van der Waals surface area contributed by atoms with Gasteiger partial charge in [-0.15, -0.1) is 11.5 Å². The molecule has 1 amide bonds. The van der Waals surface area contributed by atoms with Gasteiger partial charge < -0.3 is 15.2 Å². The van der Waals surface area contributed by atoms with Gasteiger partial charge in [-0.2, -0.15) is 0 Å². The van der Waals surface area contributed by atoms with Crippen LogP contribution in [0.15, 0.2) is 0 Å². The van der Waals surface area contributed by atoms with Crippen molar-refractivity contribution < 1.29 is 19.4 Å². The van der Waals surface area contributed by atoms with Gasteiger partial charge in [0.05, 0.1) is 0 Å². The largest absolute Gasteiger partial charge is 0.480 e. The highest BCUT2D eigenvalue weighted by atomic mass is 28.3. The fraction of sp³-hybridized carbons (Fsp3) is 0.733. The van der Waals surface area contributed by atoms with Crippen LogP contribution in [-0.2, 0) is 14.3 Å². The van der Waals surface area contributed by atoms with Gasteiger partial charge in [0.1, 0.15) is 20.7 Å². The molecule has 0 aromatic carbocycles. The van der Waals surface area contributed by atoms with E-state index < -0.39 is 26.0 Å². The lowest BCUT2D eigenvalue weighted by Crippen LogP contribution is -2.42. The van der Waals surface area contributed by atoms with Gasteiger partial charge in [-0.05, 0) is 12.0 Å². The molecule has 0 heterocycles. The molecule has 0 fully saturated rings. The summed E-state index contributed by atoms with van der Waals surface area (Å²) < 4.78 is 4.95. The van der Waals surface area contributed by atoms with Crippen LogP contribution >= 0.6 is 0 Å². The summed E-state index contributed by atoms with van der Waals surface area (Å²) >= 11 is 0. The zero-order valence-electron chi connectivity index (χ0n) is 13.9. The van der Waals surface area contributed by atoms with Gasteiger partial charge in [0.25, 0.3) is 0 Å².